The van der Waals surface area contributed by atoms with Crippen LogP contribution in [0.25, 0.3) is 0 Å². The summed E-state index contributed by atoms with van der Waals surface area (Å²) in [5, 5.41) is 70.1. The van der Waals surface area contributed by atoms with Crippen LogP contribution < -0.4 is 0 Å². The molecule has 0 atom stereocenters. The van der Waals surface area contributed by atoms with Crippen molar-refractivity contribution >= 4 is 11.8 Å². The van der Waals surface area contributed by atoms with Gasteiger partial charge in [0.05, 0.1) is 64.0 Å². The zero-order chi connectivity index (χ0) is 22.4. The van der Waals surface area contributed by atoms with Crippen molar-refractivity contribution in [3.8, 4) is 0 Å². The lowest BCUT2D eigenvalue weighted by molar-refractivity contribution is -0.0327. The summed E-state index contributed by atoms with van der Waals surface area (Å²) in [7, 11) is 0. The number of nitrogens with zero attached hydrogens (tertiary/aromatic N) is 1. The Bertz CT molecular complexity index is 440. The quantitative estimate of drug-likeness (QED) is 0.175. The molecule has 12 nitrogen and oxygen atoms in total. The minimum absolute atomic E-state index is 0.125. The number of imide groups is 1. The van der Waals surface area contributed by atoms with Gasteiger partial charge >= 0.3 is 0 Å². The molecular weight excluding hydrogens is 382 g/mol. The summed E-state index contributed by atoms with van der Waals surface area (Å²) < 4.78 is 0. The molecule has 0 saturated heterocycles. The Kier molecular flexibility index (Phi) is 25.3. The Morgan fingerprint density at radius 1 is 0.536 bits per heavy atom. The fourth-order valence-corrected chi connectivity index (χ4v) is 1.18. The normalized spacial score (nSPS) is 10.8. The number of rotatable bonds is 4. The molecule has 0 saturated carbocycles. The van der Waals surface area contributed by atoms with Crippen LogP contribution in [0.15, 0.2) is 24.3 Å². The third-order valence-electron chi connectivity index (χ3n) is 2.17. The predicted octanol–water partition coefficient (Wildman–Crippen LogP) is -3.44. The summed E-state index contributed by atoms with van der Waals surface area (Å²) in [6, 6.07) is 6.30. The van der Waals surface area contributed by atoms with E-state index in [4.69, 9.17) is 46.1 Å². The first-order valence-electron chi connectivity index (χ1n) is 7.91. The van der Waals surface area contributed by atoms with Crippen LogP contribution in [0.1, 0.15) is 20.7 Å². The number of carbonyl (C=O) groups is 2. The van der Waals surface area contributed by atoms with Gasteiger partial charge in [-0.05, 0) is 12.1 Å². The Balaban J connectivity index is -0.000000328. The summed E-state index contributed by atoms with van der Waals surface area (Å²) in [6.45, 7) is -1.00. The summed E-state index contributed by atoms with van der Waals surface area (Å²) >= 11 is 0. The number of amides is 2. The molecule has 1 heterocycles. The van der Waals surface area contributed by atoms with Crippen LogP contribution in [-0.4, -0.2) is 116 Å². The van der Waals surface area contributed by atoms with Gasteiger partial charge in [0, 0.05) is 0 Å². The van der Waals surface area contributed by atoms with E-state index in [0.29, 0.717) is 0 Å². The lowest BCUT2D eigenvalue weighted by Gasteiger charge is -1.99. The van der Waals surface area contributed by atoms with Gasteiger partial charge in [0.15, 0.2) is 0 Å². The Morgan fingerprint density at radius 3 is 0.929 bits per heavy atom. The Hall–Kier alpha value is -2.00. The molecule has 164 valence electrons. The first-order valence-corrected chi connectivity index (χ1v) is 7.91. The van der Waals surface area contributed by atoms with Crippen molar-refractivity contribution in [3.05, 3.63) is 35.4 Å². The molecule has 1 aromatic rings. The van der Waals surface area contributed by atoms with Gasteiger partial charge in [-0.15, -0.1) is 5.06 Å². The van der Waals surface area contributed by atoms with E-state index in [0.717, 1.165) is 0 Å². The Morgan fingerprint density at radius 2 is 0.750 bits per heavy atom. The molecule has 9 N–H and O–H groups in total. The van der Waals surface area contributed by atoms with E-state index in [-0.39, 0.29) is 69.0 Å². The zero-order valence-corrected chi connectivity index (χ0v) is 15.3. The van der Waals surface area contributed by atoms with E-state index >= 15 is 0 Å². The first kappa shape index (κ1) is 30.7. The van der Waals surface area contributed by atoms with Gasteiger partial charge in [0.2, 0.25) is 0 Å². The maximum absolute atomic E-state index is 11.1. The van der Waals surface area contributed by atoms with E-state index in [9.17, 15) is 9.59 Å². The van der Waals surface area contributed by atoms with E-state index in [1.807, 2.05) is 0 Å². The molecule has 0 unspecified atom stereocenters. The second-order valence-electron chi connectivity index (χ2n) is 4.26. The largest absolute Gasteiger partial charge is 0.394 e. The summed E-state index contributed by atoms with van der Waals surface area (Å²) in [5.41, 5.74) is 0.509. The molecule has 12 heteroatoms. The van der Waals surface area contributed by atoms with Gasteiger partial charge in [-0.2, -0.15) is 0 Å². The van der Waals surface area contributed by atoms with Crippen LogP contribution in [0.2, 0.25) is 0 Å². The van der Waals surface area contributed by atoms with E-state index in [1.54, 1.807) is 12.1 Å². The molecular formula is C16H29NO11. The van der Waals surface area contributed by atoms with Crippen molar-refractivity contribution < 1.29 is 55.6 Å². The highest BCUT2D eigenvalue weighted by Crippen LogP contribution is 2.19. The van der Waals surface area contributed by atoms with Gasteiger partial charge in [0.25, 0.3) is 11.8 Å². The van der Waals surface area contributed by atoms with Crippen molar-refractivity contribution in [2.75, 3.05) is 52.9 Å². The molecule has 0 bridgehead atoms. The van der Waals surface area contributed by atoms with Crippen LogP contribution in [0.4, 0.5) is 0 Å². The van der Waals surface area contributed by atoms with Crippen LogP contribution in [0.3, 0.4) is 0 Å². The topological polar surface area (TPSA) is 219 Å². The van der Waals surface area contributed by atoms with E-state index in [2.05, 4.69) is 0 Å². The van der Waals surface area contributed by atoms with Crippen LogP contribution >= 0.6 is 0 Å². The van der Waals surface area contributed by atoms with E-state index in [1.165, 1.54) is 12.1 Å². The van der Waals surface area contributed by atoms with Crippen molar-refractivity contribution in [1.29, 1.82) is 0 Å². The van der Waals surface area contributed by atoms with Crippen molar-refractivity contribution in [2.45, 2.75) is 0 Å². The first-order chi connectivity index (χ1) is 13.4. The SMILES string of the molecule is O=C1c2ccccc2C(=O)N1O.OCCO.OCCO.OCCO.OCCO. The third kappa shape index (κ3) is 15.1. The van der Waals surface area contributed by atoms with Crippen molar-refractivity contribution in [3.63, 3.8) is 0 Å². The molecule has 0 aliphatic carbocycles. The molecule has 0 radical (unpaired) electrons. The lowest BCUT2D eigenvalue weighted by Crippen LogP contribution is -2.25. The Labute approximate surface area is 161 Å². The van der Waals surface area contributed by atoms with Crippen molar-refractivity contribution in [1.82, 2.24) is 5.06 Å². The zero-order valence-electron chi connectivity index (χ0n) is 15.3. The monoisotopic (exact) mass is 411 g/mol. The third-order valence-corrected chi connectivity index (χ3v) is 2.17. The maximum Gasteiger partial charge on any atom is 0.285 e. The molecule has 1 aromatic carbocycles. The minimum atomic E-state index is -0.657. The van der Waals surface area contributed by atoms with Gasteiger partial charge in [-0.1, -0.05) is 12.1 Å². The highest BCUT2D eigenvalue weighted by molar-refractivity contribution is 6.20. The van der Waals surface area contributed by atoms with Gasteiger partial charge in [-0.25, -0.2) is 0 Å². The number of hydrogen-bond donors (Lipinski definition) is 9. The average Bonchev–Trinajstić information content (AvgIpc) is 2.98. The fourth-order valence-electron chi connectivity index (χ4n) is 1.18. The highest BCUT2D eigenvalue weighted by Gasteiger charge is 2.33. The second kappa shape index (κ2) is 23.0. The number of hydrogen-bond acceptors (Lipinski definition) is 11. The van der Waals surface area contributed by atoms with Gasteiger partial charge in [-0.3, -0.25) is 14.8 Å². The smallest absolute Gasteiger partial charge is 0.285 e. The second-order valence-corrected chi connectivity index (χ2v) is 4.26. The number of hydroxylamine groups is 2. The summed E-state index contributed by atoms with van der Waals surface area (Å²) in [6.07, 6.45) is 0. The molecule has 0 fully saturated rings. The standard InChI is InChI=1S/C8H5NO3.4C2H6O2/c10-7-5-3-1-2-4-6(5)8(11)9(7)12;4*3-1-2-4/h1-4,12H;4*3-4H,1-2H2. The van der Waals surface area contributed by atoms with Crippen molar-refractivity contribution in [2.24, 2.45) is 0 Å². The molecule has 0 spiro atoms. The van der Waals surface area contributed by atoms with Gasteiger partial charge < -0.3 is 40.9 Å². The molecule has 2 amide bonds. The van der Waals surface area contributed by atoms with Crippen LogP contribution in [0.5, 0.6) is 0 Å². The summed E-state index contributed by atoms with van der Waals surface area (Å²) in [5.74, 6) is -1.31. The number of benzene rings is 1. The fraction of sp³-hybridized carbons (Fsp3) is 0.500. The number of aliphatic hydroxyl groups is 8. The molecule has 0 aromatic heterocycles. The van der Waals surface area contributed by atoms with Crippen LogP contribution in [0, 0.1) is 0 Å². The number of carbonyl (C=O) groups excluding carboxylic acids is 2. The lowest BCUT2D eigenvalue weighted by atomic mass is 10.1. The molecule has 28 heavy (non-hydrogen) atoms. The molecule has 1 aliphatic heterocycles. The summed E-state index contributed by atoms with van der Waals surface area (Å²) in [4.78, 5) is 22.1. The van der Waals surface area contributed by atoms with E-state index < -0.39 is 11.8 Å². The van der Waals surface area contributed by atoms with Gasteiger partial charge in [0.1, 0.15) is 0 Å². The maximum atomic E-state index is 11.1. The molecule has 1 aliphatic rings. The molecule has 2 rings (SSSR count). The highest BCUT2D eigenvalue weighted by atomic mass is 16.5. The minimum Gasteiger partial charge on any atom is -0.394 e. The number of fused-ring (bicyclic) bond motifs is 1. The van der Waals surface area contributed by atoms with Crippen LogP contribution in [-0.2, 0) is 0 Å². The predicted molar refractivity (Wildman–Crippen MR) is 95.4 cm³/mol. The number of aliphatic hydroxyl groups excluding tert-OH is 8. The average molecular weight is 411 g/mol.